The largest absolute Gasteiger partial charge is 0.469 e. The van der Waals surface area contributed by atoms with E-state index in [2.05, 4.69) is 15.9 Å². The first-order valence-electron chi connectivity index (χ1n) is 5.73. The van der Waals surface area contributed by atoms with Crippen LogP contribution in [0.4, 0.5) is 4.39 Å². The topological polar surface area (TPSA) is 39.2 Å². The van der Waals surface area contributed by atoms with Crippen LogP contribution in [0.15, 0.2) is 45.5 Å². The Labute approximate surface area is 114 Å². The summed E-state index contributed by atoms with van der Waals surface area (Å²) in [5, 5.41) is 0. The fourth-order valence-corrected chi connectivity index (χ4v) is 2.40. The van der Waals surface area contributed by atoms with Crippen LogP contribution in [0.3, 0.4) is 0 Å². The highest BCUT2D eigenvalue weighted by molar-refractivity contribution is 9.10. The molecule has 0 bridgehead atoms. The van der Waals surface area contributed by atoms with E-state index in [1.165, 1.54) is 6.07 Å². The number of rotatable bonds is 4. The summed E-state index contributed by atoms with van der Waals surface area (Å²) in [4.78, 5) is 0. The molecule has 2 N–H and O–H groups in total. The summed E-state index contributed by atoms with van der Waals surface area (Å²) in [6, 6.07) is 8.62. The van der Waals surface area contributed by atoms with Crippen LogP contribution in [0, 0.1) is 5.82 Å². The third kappa shape index (κ3) is 2.65. The molecular formula is C14H15BrFNO. The van der Waals surface area contributed by atoms with Crippen LogP contribution in [-0.4, -0.2) is 6.54 Å². The zero-order chi connectivity index (χ0) is 13.2. The van der Waals surface area contributed by atoms with Gasteiger partial charge in [-0.3, -0.25) is 0 Å². The van der Waals surface area contributed by atoms with E-state index in [-0.39, 0.29) is 5.82 Å². The average Bonchev–Trinajstić information content (AvgIpc) is 2.84. The minimum Gasteiger partial charge on any atom is -0.469 e. The first-order chi connectivity index (χ1) is 8.55. The van der Waals surface area contributed by atoms with Crippen molar-refractivity contribution in [2.24, 2.45) is 5.73 Å². The average molecular weight is 312 g/mol. The highest BCUT2D eigenvalue weighted by Crippen LogP contribution is 2.31. The van der Waals surface area contributed by atoms with Gasteiger partial charge in [-0.05, 0) is 35.9 Å². The molecule has 1 unspecified atom stereocenters. The van der Waals surface area contributed by atoms with Gasteiger partial charge >= 0.3 is 0 Å². The van der Waals surface area contributed by atoms with Crippen molar-refractivity contribution in [3.05, 3.63) is 58.2 Å². The number of halogens is 2. The minimum absolute atomic E-state index is 0.238. The molecule has 2 rings (SSSR count). The Bertz CT molecular complexity index is 527. The van der Waals surface area contributed by atoms with Crippen molar-refractivity contribution in [2.45, 2.75) is 18.8 Å². The monoisotopic (exact) mass is 311 g/mol. The minimum atomic E-state index is -0.480. The van der Waals surface area contributed by atoms with Crippen molar-refractivity contribution in [2.75, 3.05) is 6.54 Å². The summed E-state index contributed by atoms with van der Waals surface area (Å²) in [5.41, 5.74) is 5.98. The number of furan rings is 1. The van der Waals surface area contributed by atoms with Gasteiger partial charge in [0.1, 0.15) is 11.6 Å². The maximum absolute atomic E-state index is 14.0. The van der Waals surface area contributed by atoms with Gasteiger partial charge in [-0.1, -0.05) is 22.9 Å². The van der Waals surface area contributed by atoms with Crippen molar-refractivity contribution in [1.29, 1.82) is 0 Å². The van der Waals surface area contributed by atoms with Gasteiger partial charge in [0.2, 0.25) is 0 Å². The van der Waals surface area contributed by atoms with E-state index in [0.29, 0.717) is 18.5 Å². The second-order valence-corrected chi connectivity index (χ2v) is 5.56. The highest BCUT2D eigenvalue weighted by atomic mass is 79.9. The smallest absolute Gasteiger partial charge is 0.127 e. The lowest BCUT2D eigenvalue weighted by molar-refractivity contribution is 0.398. The lowest BCUT2D eigenvalue weighted by Crippen LogP contribution is -2.35. The Balaban J connectivity index is 2.39. The predicted octanol–water partition coefficient (Wildman–Crippen LogP) is 3.64. The molecule has 1 atom stereocenters. The van der Waals surface area contributed by atoms with Gasteiger partial charge in [0.15, 0.2) is 0 Å². The van der Waals surface area contributed by atoms with Gasteiger partial charge in [-0.2, -0.15) is 0 Å². The predicted molar refractivity (Wildman–Crippen MR) is 72.9 cm³/mol. The maximum atomic E-state index is 14.0. The fourth-order valence-electron chi connectivity index (χ4n) is 2.04. The first-order valence-corrected chi connectivity index (χ1v) is 6.52. The zero-order valence-electron chi connectivity index (χ0n) is 10.1. The maximum Gasteiger partial charge on any atom is 0.127 e. The van der Waals surface area contributed by atoms with Gasteiger partial charge in [0, 0.05) is 22.9 Å². The number of hydrogen-bond acceptors (Lipinski definition) is 2. The molecule has 1 heterocycles. The van der Waals surface area contributed by atoms with E-state index >= 15 is 0 Å². The molecule has 0 aliphatic carbocycles. The quantitative estimate of drug-likeness (QED) is 0.936. The molecule has 2 nitrogen and oxygen atoms in total. The zero-order valence-corrected chi connectivity index (χ0v) is 11.7. The van der Waals surface area contributed by atoms with E-state index in [4.69, 9.17) is 10.2 Å². The molecule has 0 aliphatic heterocycles. The summed E-state index contributed by atoms with van der Waals surface area (Å²) in [6.07, 6.45) is 2.19. The molecule has 18 heavy (non-hydrogen) atoms. The number of nitrogens with two attached hydrogens (primary N) is 1. The second-order valence-electron chi connectivity index (χ2n) is 4.65. The lowest BCUT2D eigenvalue weighted by atomic mass is 9.78. The Morgan fingerprint density at radius 1 is 1.39 bits per heavy atom. The van der Waals surface area contributed by atoms with E-state index in [1.54, 1.807) is 18.4 Å². The van der Waals surface area contributed by atoms with Crippen molar-refractivity contribution < 1.29 is 8.81 Å². The van der Waals surface area contributed by atoms with E-state index < -0.39 is 5.41 Å². The molecule has 0 amide bonds. The van der Waals surface area contributed by atoms with Crippen molar-refractivity contribution in [3.8, 4) is 0 Å². The lowest BCUT2D eigenvalue weighted by Gasteiger charge is -2.28. The van der Waals surface area contributed by atoms with Crippen LogP contribution in [0.1, 0.15) is 18.2 Å². The van der Waals surface area contributed by atoms with Gasteiger partial charge in [0.25, 0.3) is 0 Å². The molecule has 1 aromatic heterocycles. The molecule has 0 radical (unpaired) electrons. The summed E-state index contributed by atoms with van der Waals surface area (Å²) in [5.74, 6) is 0.569. The van der Waals surface area contributed by atoms with Gasteiger partial charge in [0.05, 0.1) is 6.26 Å². The number of hydrogen-bond donors (Lipinski definition) is 1. The summed E-state index contributed by atoms with van der Waals surface area (Å²) < 4.78 is 20.2. The van der Waals surface area contributed by atoms with Crippen LogP contribution in [0.2, 0.25) is 0 Å². The summed E-state index contributed by atoms with van der Waals surface area (Å²) >= 11 is 3.36. The Hall–Kier alpha value is -1.13. The SMILES string of the molecule is CC(CN)(Cc1ccco1)c1cc(Br)ccc1F. The van der Waals surface area contributed by atoms with E-state index in [9.17, 15) is 4.39 Å². The Morgan fingerprint density at radius 2 is 2.17 bits per heavy atom. The third-order valence-corrected chi connectivity index (χ3v) is 3.67. The fraction of sp³-hybridized carbons (Fsp3) is 0.286. The molecule has 0 aliphatic rings. The molecule has 96 valence electrons. The van der Waals surface area contributed by atoms with E-state index in [1.807, 2.05) is 19.1 Å². The standard InChI is InChI=1S/C14H15BrFNO/c1-14(9-17,8-11-3-2-6-18-11)12-7-10(15)4-5-13(12)16/h2-7H,8-9,17H2,1H3. The van der Waals surface area contributed by atoms with Crippen LogP contribution >= 0.6 is 15.9 Å². The van der Waals surface area contributed by atoms with Crippen molar-refractivity contribution in [1.82, 2.24) is 0 Å². The van der Waals surface area contributed by atoms with Crippen LogP contribution in [-0.2, 0) is 11.8 Å². The molecular weight excluding hydrogens is 297 g/mol. The number of benzene rings is 1. The normalized spacial score (nSPS) is 14.4. The summed E-state index contributed by atoms with van der Waals surface area (Å²) in [6.45, 7) is 2.29. The Kier molecular flexibility index (Phi) is 3.88. The van der Waals surface area contributed by atoms with Crippen LogP contribution < -0.4 is 5.73 Å². The first kappa shape index (κ1) is 13.3. The van der Waals surface area contributed by atoms with Crippen molar-refractivity contribution >= 4 is 15.9 Å². The molecule has 1 aromatic carbocycles. The third-order valence-electron chi connectivity index (χ3n) is 3.17. The molecule has 0 saturated heterocycles. The van der Waals surface area contributed by atoms with Gasteiger partial charge < -0.3 is 10.2 Å². The van der Waals surface area contributed by atoms with Crippen molar-refractivity contribution in [3.63, 3.8) is 0 Å². The second kappa shape index (κ2) is 5.24. The van der Waals surface area contributed by atoms with Gasteiger partial charge in [-0.25, -0.2) is 4.39 Å². The molecule has 0 saturated carbocycles. The molecule has 4 heteroatoms. The molecule has 2 aromatic rings. The molecule has 0 spiro atoms. The van der Waals surface area contributed by atoms with Crippen LogP contribution in [0.25, 0.3) is 0 Å². The Morgan fingerprint density at radius 3 is 2.78 bits per heavy atom. The van der Waals surface area contributed by atoms with Crippen LogP contribution in [0.5, 0.6) is 0 Å². The summed E-state index contributed by atoms with van der Waals surface area (Å²) in [7, 11) is 0. The highest BCUT2D eigenvalue weighted by Gasteiger charge is 2.29. The van der Waals surface area contributed by atoms with E-state index in [0.717, 1.165) is 10.2 Å². The molecule has 0 fully saturated rings. The van der Waals surface area contributed by atoms with Gasteiger partial charge in [-0.15, -0.1) is 0 Å².